The zero-order valence-electron chi connectivity index (χ0n) is 25.7. The summed E-state index contributed by atoms with van der Waals surface area (Å²) in [5.41, 5.74) is 2.56. The lowest BCUT2D eigenvalue weighted by Crippen LogP contribution is -2.27. The molecule has 0 amide bonds. The fourth-order valence-electron chi connectivity index (χ4n) is 4.84. The van der Waals surface area contributed by atoms with Crippen molar-refractivity contribution in [3.8, 4) is 0 Å². The van der Waals surface area contributed by atoms with Gasteiger partial charge in [-0.15, -0.1) is 0 Å². The average Bonchev–Trinajstić information content (AvgIpc) is 2.96. The molecule has 6 nitrogen and oxygen atoms in total. The van der Waals surface area contributed by atoms with Crippen molar-refractivity contribution in [2.45, 2.75) is 86.2 Å². The minimum Gasteiger partial charge on any atom is -0.461 e. The number of ether oxygens (including phenoxy) is 2. The molecular weight excluding hydrogens is 528 g/mol. The van der Waals surface area contributed by atoms with Gasteiger partial charge in [0.2, 0.25) is 0 Å². The van der Waals surface area contributed by atoms with Crippen LogP contribution in [0.3, 0.4) is 0 Å². The van der Waals surface area contributed by atoms with Crippen LogP contribution in [-0.2, 0) is 41.7 Å². The van der Waals surface area contributed by atoms with E-state index in [0.29, 0.717) is 18.4 Å². The molecule has 0 N–H and O–H groups in total. The molecule has 2 aromatic carbocycles. The molecule has 0 heterocycles. The van der Waals surface area contributed by atoms with E-state index in [1.54, 1.807) is 19.9 Å². The third kappa shape index (κ3) is 9.37. The monoisotopic (exact) mass is 572 g/mol. The van der Waals surface area contributed by atoms with Gasteiger partial charge in [0.1, 0.15) is 19.0 Å². The number of hydrogen-bond donors (Lipinski definition) is 0. The van der Waals surface area contributed by atoms with E-state index in [4.69, 9.17) is 9.47 Å². The molecule has 0 spiro atoms. The molecule has 2 aromatic rings. The highest BCUT2D eigenvalue weighted by molar-refractivity contribution is 6.28. The van der Waals surface area contributed by atoms with E-state index in [0.717, 1.165) is 41.5 Å². The number of Topliss-reactive ketones (excluding diaryl/α,β-unsaturated/α-hetero) is 1. The Kier molecular flexibility index (Phi) is 11.6. The Morgan fingerprint density at radius 3 is 2.19 bits per heavy atom. The number of unbranched alkanes of at least 4 members (excludes halogenated alkanes) is 2. The molecule has 0 aliphatic heterocycles. The highest BCUT2D eigenvalue weighted by atomic mass is 16.5. The number of hydrogen-bond acceptors (Lipinski definition) is 6. The maximum atomic E-state index is 13.0. The van der Waals surface area contributed by atoms with Gasteiger partial charge in [0.25, 0.3) is 0 Å². The summed E-state index contributed by atoms with van der Waals surface area (Å²) in [6, 6.07) is 16.9. The van der Waals surface area contributed by atoms with E-state index in [1.807, 2.05) is 74.5 Å². The topological polar surface area (TPSA) is 86.7 Å². The van der Waals surface area contributed by atoms with Crippen LogP contribution < -0.4 is 0 Å². The Morgan fingerprint density at radius 1 is 0.833 bits per heavy atom. The third-order valence-corrected chi connectivity index (χ3v) is 7.78. The van der Waals surface area contributed by atoms with Gasteiger partial charge in [-0.1, -0.05) is 94.3 Å². The molecule has 0 aromatic heterocycles. The molecule has 3 rings (SSSR count). The second kappa shape index (κ2) is 14.9. The lowest BCUT2D eigenvalue weighted by Gasteiger charge is -2.30. The Hall–Kier alpha value is -3.80. The van der Waals surface area contributed by atoms with Crippen LogP contribution in [0.5, 0.6) is 0 Å². The Labute approximate surface area is 250 Å². The molecule has 6 heteroatoms. The second-order valence-corrected chi connectivity index (χ2v) is 12.2. The van der Waals surface area contributed by atoms with Crippen molar-refractivity contribution in [1.82, 2.24) is 0 Å². The van der Waals surface area contributed by atoms with E-state index in [1.165, 1.54) is 0 Å². The summed E-state index contributed by atoms with van der Waals surface area (Å²) < 4.78 is 11.1. The predicted octanol–water partition coefficient (Wildman–Crippen LogP) is 7.39. The standard InChI is InChI=1S/C36H44O6/c1-6-7-9-14-32(39)41-25-30-33(31(38)20-22-35(30,2)3)28-17-15-26(16-18-28)23-29(37)19-21-36(4,5)34(40)42-24-27-12-10-8-11-13-27/h8,10-13,15-18,20,22H,6-7,9,14,19,21,23-25H2,1-5H3. The highest BCUT2D eigenvalue weighted by Crippen LogP contribution is 2.39. The quantitative estimate of drug-likeness (QED) is 0.163. The van der Waals surface area contributed by atoms with Crippen molar-refractivity contribution in [2.24, 2.45) is 10.8 Å². The smallest absolute Gasteiger partial charge is 0.311 e. The number of esters is 2. The molecule has 0 radical (unpaired) electrons. The molecule has 0 bridgehead atoms. The van der Waals surface area contributed by atoms with Gasteiger partial charge in [-0.3, -0.25) is 19.2 Å². The second-order valence-electron chi connectivity index (χ2n) is 12.2. The first-order chi connectivity index (χ1) is 19.9. The number of carbonyl (C=O) groups excluding carboxylic acids is 4. The number of ketones is 2. The minimum atomic E-state index is -0.779. The predicted molar refractivity (Wildman–Crippen MR) is 164 cm³/mol. The van der Waals surface area contributed by atoms with Gasteiger partial charge in [-0.2, -0.15) is 0 Å². The Balaban J connectivity index is 1.61. The molecule has 0 saturated heterocycles. The molecule has 1 aliphatic carbocycles. The lowest BCUT2D eigenvalue weighted by molar-refractivity contribution is -0.156. The van der Waals surface area contributed by atoms with Crippen LogP contribution in [0.4, 0.5) is 0 Å². The van der Waals surface area contributed by atoms with E-state index in [-0.39, 0.29) is 49.6 Å². The minimum absolute atomic E-state index is 0.0272. The molecule has 42 heavy (non-hydrogen) atoms. The summed E-state index contributed by atoms with van der Waals surface area (Å²) in [5, 5.41) is 0. The molecular formula is C36H44O6. The van der Waals surface area contributed by atoms with Gasteiger partial charge in [-0.05, 0) is 55.0 Å². The average molecular weight is 573 g/mol. The highest BCUT2D eigenvalue weighted by Gasteiger charge is 2.32. The van der Waals surface area contributed by atoms with Crippen LogP contribution in [0, 0.1) is 10.8 Å². The van der Waals surface area contributed by atoms with Crippen LogP contribution in [-0.4, -0.2) is 30.1 Å². The number of allylic oxidation sites excluding steroid dienone is 3. The molecule has 0 atom stereocenters. The fraction of sp³-hybridized carbons (Fsp3) is 0.444. The third-order valence-electron chi connectivity index (χ3n) is 7.78. The van der Waals surface area contributed by atoms with Crippen molar-refractivity contribution < 1.29 is 28.7 Å². The summed E-state index contributed by atoms with van der Waals surface area (Å²) in [5.74, 6) is -0.682. The molecule has 0 unspecified atom stereocenters. The Morgan fingerprint density at radius 2 is 1.52 bits per heavy atom. The van der Waals surface area contributed by atoms with Crippen molar-refractivity contribution >= 4 is 29.1 Å². The fourth-order valence-corrected chi connectivity index (χ4v) is 4.84. The van der Waals surface area contributed by atoms with Crippen molar-refractivity contribution in [3.05, 3.63) is 89.0 Å². The summed E-state index contributed by atoms with van der Waals surface area (Å²) >= 11 is 0. The first kappa shape index (κ1) is 32.7. The number of carbonyl (C=O) groups is 4. The summed E-state index contributed by atoms with van der Waals surface area (Å²) in [6.45, 7) is 9.95. The van der Waals surface area contributed by atoms with E-state index in [2.05, 4.69) is 6.92 Å². The van der Waals surface area contributed by atoms with Gasteiger partial charge in [0.05, 0.1) is 5.41 Å². The normalized spacial score (nSPS) is 14.5. The maximum Gasteiger partial charge on any atom is 0.311 e. The Bertz CT molecular complexity index is 1310. The van der Waals surface area contributed by atoms with Crippen LogP contribution in [0.1, 0.15) is 89.8 Å². The van der Waals surface area contributed by atoms with Crippen LogP contribution in [0.25, 0.3) is 5.57 Å². The van der Waals surface area contributed by atoms with Crippen LogP contribution >= 0.6 is 0 Å². The number of benzene rings is 2. The molecule has 0 saturated carbocycles. The molecule has 224 valence electrons. The molecule has 1 aliphatic rings. The van der Waals surface area contributed by atoms with Crippen molar-refractivity contribution in [1.29, 1.82) is 0 Å². The zero-order valence-corrected chi connectivity index (χ0v) is 25.7. The summed E-state index contributed by atoms with van der Waals surface area (Å²) in [6.07, 6.45) is 7.47. The number of rotatable bonds is 15. The van der Waals surface area contributed by atoms with Gasteiger partial charge < -0.3 is 9.47 Å². The van der Waals surface area contributed by atoms with Crippen LogP contribution in [0.15, 0.2) is 72.3 Å². The SMILES string of the molecule is CCCCCC(=O)OCC1=C(c2ccc(CC(=O)CCC(C)(C)C(=O)OCc3ccccc3)cc2)C(=O)C=CC1(C)C. The van der Waals surface area contributed by atoms with Gasteiger partial charge >= 0.3 is 11.9 Å². The summed E-state index contributed by atoms with van der Waals surface area (Å²) in [7, 11) is 0. The van der Waals surface area contributed by atoms with Gasteiger partial charge in [0, 0.05) is 30.3 Å². The summed E-state index contributed by atoms with van der Waals surface area (Å²) in [4.78, 5) is 50.7. The maximum absolute atomic E-state index is 13.0. The van der Waals surface area contributed by atoms with Crippen molar-refractivity contribution in [2.75, 3.05) is 6.61 Å². The first-order valence-electron chi connectivity index (χ1n) is 14.9. The molecule has 0 fully saturated rings. The van der Waals surface area contributed by atoms with E-state index in [9.17, 15) is 19.2 Å². The van der Waals surface area contributed by atoms with Crippen molar-refractivity contribution in [3.63, 3.8) is 0 Å². The van der Waals surface area contributed by atoms with Gasteiger partial charge in [-0.25, -0.2) is 0 Å². The zero-order chi connectivity index (χ0) is 30.8. The lowest BCUT2D eigenvalue weighted by atomic mass is 9.75. The first-order valence-corrected chi connectivity index (χ1v) is 14.9. The van der Waals surface area contributed by atoms with Gasteiger partial charge in [0.15, 0.2) is 5.78 Å². The largest absolute Gasteiger partial charge is 0.461 e. The van der Waals surface area contributed by atoms with E-state index < -0.39 is 10.8 Å². The van der Waals surface area contributed by atoms with Crippen LogP contribution in [0.2, 0.25) is 0 Å². The van der Waals surface area contributed by atoms with E-state index >= 15 is 0 Å².